The van der Waals surface area contributed by atoms with Crippen LogP contribution in [0.15, 0.2) is 59.5 Å². The van der Waals surface area contributed by atoms with Gasteiger partial charge in [-0.15, -0.1) is 0 Å². The topological polar surface area (TPSA) is 66.9 Å². The zero-order chi connectivity index (χ0) is 19.1. The molecule has 1 amide bonds. The molecule has 2 aliphatic rings. The van der Waals surface area contributed by atoms with Crippen LogP contribution in [0.2, 0.25) is 0 Å². The van der Waals surface area contributed by atoms with E-state index in [4.69, 9.17) is 4.74 Å². The third kappa shape index (κ3) is 3.11. The highest BCUT2D eigenvalue weighted by Crippen LogP contribution is 2.34. The van der Waals surface area contributed by atoms with Gasteiger partial charge in [0.25, 0.3) is 0 Å². The van der Waals surface area contributed by atoms with Gasteiger partial charge >= 0.3 is 6.09 Å². The number of nitrogens with zero attached hydrogens (tertiary/aromatic N) is 2. The molecule has 0 aromatic heterocycles. The van der Waals surface area contributed by atoms with Crippen LogP contribution in [0.5, 0.6) is 0 Å². The molecule has 0 N–H and O–H groups in total. The average Bonchev–Trinajstić information content (AvgIpc) is 2.99. The number of cyclic esters (lactones) is 1. The number of aryl methyl sites for hydroxylation is 1. The summed E-state index contributed by atoms with van der Waals surface area (Å²) >= 11 is 0. The summed E-state index contributed by atoms with van der Waals surface area (Å²) in [4.78, 5) is 14.2. The number of amides is 1. The van der Waals surface area contributed by atoms with Gasteiger partial charge in [-0.2, -0.15) is 4.31 Å². The summed E-state index contributed by atoms with van der Waals surface area (Å²) in [7, 11) is -3.64. The average molecular weight is 386 g/mol. The van der Waals surface area contributed by atoms with Crippen molar-refractivity contribution in [2.75, 3.05) is 26.2 Å². The van der Waals surface area contributed by atoms with Gasteiger partial charge in [-0.25, -0.2) is 13.2 Å². The first kappa shape index (κ1) is 18.0. The van der Waals surface area contributed by atoms with Crippen LogP contribution in [0.4, 0.5) is 4.79 Å². The van der Waals surface area contributed by atoms with Gasteiger partial charge in [-0.05, 0) is 24.1 Å². The summed E-state index contributed by atoms with van der Waals surface area (Å²) in [6.07, 6.45) is 0.193. The molecule has 2 saturated heterocycles. The Morgan fingerprint density at radius 2 is 1.74 bits per heavy atom. The Morgan fingerprint density at radius 1 is 1.04 bits per heavy atom. The van der Waals surface area contributed by atoms with Crippen LogP contribution in [0, 0.1) is 6.92 Å². The largest absolute Gasteiger partial charge is 0.447 e. The summed E-state index contributed by atoms with van der Waals surface area (Å²) in [5.74, 6) is 0. The second-order valence-corrected chi connectivity index (χ2v) is 9.10. The number of hydrogen-bond donors (Lipinski definition) is 0. The van der Waals surface area contributed by atoms with Gasteiger partial charge in [-0.3, -0.25) is 4.90 Å². The second kappa shape index (κ2) is 6.65. The van der Waals surface area contributed by atoms with E-state index in [0.29, 0.717) is 17.9 Å². The summed E-state index contributed by atoms with van der Waals surface area (Å²) in [6, 6.07) is 16.8. The lowest BCUT2D eigenvalue weighted by Crippen LogP contribution is -2.63. The maximum absolute atomic E-state index is 13.3. The molecule has 7 heteroatoms. The zero-order valence-corrected chi connectivity index (χ0v) is 16.0. The molecule has 2 fully saturated rings. The molecule has 0 bridgehead atoms. The number of fused-ring (bicyclic) bond motifs is 1. The minimum atomic E-state index is -3.64. The van der Waals surface area contributed by atoms with Crippen LogP contribution in [0.3, 0.4) is 0 Å². The summed E-state index contributed by atoms with van der Waals surface area (Å²) in [5.41, 5.74) is 1.10. The maximum atomic E-state index is 13.3. The van der Waals surface area contributed by atoms with Gasteiger partial charge in [0.2, 0.25) is 10.0 Å². The Hall–Kier alpha value is -2.38. The van der Waals surface area contributed by atoms with Crippen molar-refractivity contribution in [3.05, 3.63) is 65.7 Å². The molecular weight excluding hydrogens is 364 g/mol. The smallest absolute Gasteiger partial charge is 0.410 e. The normalized spacial score (nSPS) is 23.1. The first-order chi connectivity index (χ1) is 12.9. The highest BCUT2D eigenvalue weighted by Gasteiger charge is 2.52. The van der Waals surface area contributed by atoms with Gasteiger partial charge in [0.1, 0.15) is 6.61 Å². The predicted octanol–water partition coefficient (Wildman–Crippen LogP) is 2.43. The SMILES string of the molecule is Cc1ccccc1S(=O)(=O)N1CCN2C(=O)OCC2(Cc2ccccc2)C1. The molecule has 1 unspecified atom stereocenters. The Balaban J connectivity index is 1.68. The monoisotopic (exact) mass is 386 g/mol. The Kier molecular flexibility index (Phi) is 4.44. The standard InChI is InChI=1S/C20H22N2O4S/c1-16-7-5-6-10-18(16)27(24,25)21-11-12-22-19(23)26-15-20(22,14-21)13-17-8-3-2-4-9-17/h2-10H,11-15H2,1H3. The molecule has 0 aliphatic carbocycles. The van der Waals surface area contributed by atoms with Crippen LogP contribution in [-0.2, 0) is 21.2 Å². The van der Waals surface area contributed by atoms with E-state index in [1.165, 1.54) is 4.31 Å². The highest BCUT2D eigenvalue weighted by atomic mass is 32.2. The van der Waals surface area contributed by atoms with Crippen LogP contribution in [0.1, 0.15) is 11.1 Å². The predicted molar refractivity (Wildman–Crippen MR) is 101 cm³/mol. The molecular formula is C20H22N2O4S. The summed E-state index contributed by atoms with van der Waals surface area (Å²) < 4.78 is 33.3. The van der Waals surface area contributed by atoms with Crippen molar-refractivity contribution in [2.45, 2.75) is 23.8 Å². The summed E-state index contributed by atoms with van der Waals surface area (Å²) in [6.45, 7) is 2.81. The van der Waals surface area contributed by atoms with Gasteiger partial charge < -0.3 is 4.74 Å². The number of rotatable bonds is 4. The molecule has 27 heavy (non-hydrogen) atoms. The van der Waals surface area contributed by atoms with E-state index >= 15 is 0 Å². The van der Waals surface area contributed by atoms with Crippen LogP contribution >= 0.6 is 0 Å². The van der Waals surface area contributed by atoms with Crippen molar-refractivity contribution in [2.24, 2.45) is 0 Å². The number of sulfonamides is 1. The first-order valence-corrected chi connectivity index (χ1v) is 10.4. The lowest BCUT2D eigenvalue weighted by molar-refractivity contribution is 0.0917. The lowest BCUT2D eigenvalue weighted by atomic mass is 9.89. The van der Waals surface area contributed by atoms with Gasteiger partial charge in [0.15, 0.2) is 0 Å². The van der Waals surface area contributed by atoms with Crippen molar-refractivity contribution in [3.63, 3.8) is 0 Å². The minimum absolute atomic E-state index is 0.195. The van der Waals surface area contributed by atoms with E-state index < -0.39 is 15.6 Å². The van der Waals surface area contributed by atoms with E-state index in [2.05, 4.69) is 0 Å². The third-order valence-corrected chi connectivity index (χ3v) is 7.39. The van der Waals surface area contributed by atoms with Crippen LogP contribution < -0.4 is 0 Å². The first-order valence-electron chi connectivity index (χ1n) is 8.97. The van der Waals surface area contributed by atoms with Crippen molar-refractivity contribution in [1.29, 1.82) is 0 Å². The number of benzene rings is 2. The Bertz CT molecular complexity index is 961. The van der Waals surface area contributed by atoms with Crippen molar-refractivity contribution >= 4 is 16.1 Å². The van der Waals surface area contributed by atoms with E-state index in [1.807, 2.05) is 36.4 Å². The summed E-state index contributed by atoms with van der Waals surface area (Å²) in [5, 5.41) is 0. The molecule has 142 valence electrons. The molecule has 0 saturated carbocycles. The number of ether oxygens (including phenoxy) is 1. The zero-order valence-electron chi connectivity index (χ0n) is 15.2. The van der Waals surface area contributed by atoms with Gasteiger partial charge in [0, 0.05) is 26.1 Å². The number of hydrogen-bond acceptors (Lipinski definition) is 4. The molecule has 2 aromatic carbocycles. The fourth-order valence-corrected chi connectivity index (χ4v) is 5.73. The number of carbonyl (C=O) groups is 1. The van der Waals surface area contributed by atoms with E-state index in [1.54, 1.807) is 30.0 Å². The van der Waals surface area contributed by atoms with Gasteiger partial charge in [-0.1, -0.05) is 48.5 Å². The highest BCUT2D eigenvalue weighted by molar-refractivity contribution is 7.89. The molecule has 6 nitrogen and oxygen atoms in total. The minimum Gasteiger partial charge on any atom is -0.447 e. The number of piperazine rings is 1. The molecule has 2 aromatic rings. The molecule has 0 spiro atoms. The van der Waals surface area contributed by atoms with Crippen molar-refractivity contribution in [1.82, 2.24) is 9.21 Å². The van der Waals surface area contributed by atoms with Crippen molar-refractivity contribution in [3.8, 4) is 0 Å². The van der Waals surface area contributed by atoms with E-state index in [-0.39, 0.29) is 25.8 Å². The van der Waals surface area contributed by atoms with Gasteiger partial charge in [0.05, 0.1) is 10.4 Å². The Labute approximate surface area is 159 Å². The molecule has 4 rings (SSSR count). The van der Waals surface area contributed by atoms with Crippen LogP contribution in [0.25, 0.3) is 0 Å². The van der Waals surface area contributed by atoms with Crippen LogP contribution in [-0.4, -0.2) is 55.5 Å². The Morgan fingerprint density at radius 3 is 2.48 bits per heavy atom. The van der Waals surface area contributed by atoms with E-state index in [0.717, 1.165) is 11.1 Å². The molecule has 0 radical (unpaired) electrons. The van der Waals surface area contributed by atoms with Crippen molar-refractivity contribution < 1.29 is 17.9 Å². The number of carbonyl (C=O) groups excluding carboxylic acids is 1. The molecule has 2 aliphatic heterocycles. The second-order valence-electron chi connectivity index (χ2n) is 7.20. The third-order valence-electron chi connectivity index (χ3n) is 5.39. The maximum Gasteiger partial charge on any atom is 0.410 e. The fourth-order valence-electron chi connectivity index (χ4n) is 3.99. The van der Waals surface area contributed by atoms with E-state index in [9.17, 15) is 13.2 Å². The molecule has 2 heterocycles. The quantitative estimate of drug-likeness (QED) is 0.809. The molecule has 1 atom stereocenters. The lowest BCUT2D eigenvalue weighted by Gasteiger charge is -2.44. The fraction of sp³-hybridized carbons (Fsp3) is 0.350.